The van der Waals surface area contributed by atoms with Crippen LogP contribution in [0.25, 0.3) is 23.3 Å². The minimum absolute atomic E-state index is 0. The van der Waals surface area contributed by atoms with Crippen LogP contribution in [0.1, 0.15) is 63.6 Å². The molecule has 0 N–H and O–H groups in total. The van der Waals surface area contributed by atoms with E-state index in [-0.39, 0.29) is 24.8 Å². The second-order valence-corrected chi connectivity index (χ2v) is 34.0. The average molecular weight is 589 g/mol. The Morgan fingerprint density at radius 1 is 0.765 bits per heavy atom. The summed E-state index contributed by atoms with van der Waals surface area (Å²) < 4.78 is 4.17. The number of hydrogen-bond donors (Lipinski definition) is 0. The van der Waals surface area contributed by atoms with Gasteiger partial charge in [-0.25, -0.2) is 0 Å². The second kappa shape index (κ2) is 12.2. The Balaban J connectivity index is 0.000000995. The standard InChI is InChI=1S/C16H13.C11H11.C2H6.CH3.2ClH.H3Si.Zr/c1-12-10-14-8-5-9-15(16(14)11-12)13-6-3-2-4-7-13;1-2-9-7-10-5-3-4-6-11(10)8-9;1-2;;;;;/h2-11H,1H3;3-8H,2H2,1H3;1-2H3;1H3;2*1H;1H3;. The van der Waals surface area contributed by atoms with Crippen molar-refractivity contribution < 1.29 is 19.4 Å². The number of allylic oxidation sites excluding steroid dienone is 2. The molecule has 2 aliphatic rings. The van der Waals surface area contributed by atoms with Crippen LogP contribution < -0.4 is 0 Å². The molecule has 0 amide bonds. The van der Waals surface area contributed by atoms with Crippen molar-refractivity contribution in [2.75, 3.05) is 0 Å². The third kappa shape index (κ3) is 5.03. The topological polar surface area (TPSA) is 0 Å². The summed E-state index contributed by atoms with van der Waals surface area (Å²) in [6.07, 6.45) is 6.22. The Kier molecular flexibility index (Phi) is 10.4. The molecule has 2 aliphatic carbocycles. The van der Waals surface area contributed by atoms with Crippen LogP contribution in [-0.2, 0) is 19.4 Å². The molecule has 0 aliphatic heterocycles. The Labute approximate surface area is 225 Å². The van der Waals surface area contributed by atoms with Crippen molar-refractivity contribution in [1.82, 2.24) is 0 Å². The van der Waals surface area contributed by atoms with Crippen LogP contribution >= 0.6 is 24.8 Å². The van der Waals surface area contributed by atoms with Crippen LogP contribution in [0.5, 0.6) is 0 Å². The van der Waals surface area contributed by atoms with Gasteiger partial charge in [0.15, 0.2) is 0 Å². The van der Waals surface area contributed by atoms with Gasteiger partial charge >= 0.3 is 188 Å². The Hall–Kier alpha value is -1.18. The smallest absolute Gasteiger partial charge is 0.147 e. The van der Waals surface area contributed by atoms with E-state index >= 15 is 0 Å². The maximum absolute atomic E-state index is 2.75. The normalized spacial score (nSPS) is 19.2. The number of fused-ring (bicyclic) bond motifs is 2. The van der Waals surface area contributed by atoms with E-state index < -0.39 is 19.4 Å². The minimum Gasteiger partial charge on any atom is -0.147 e. The van der Waals surface area contributed by atoms with Gasteiger partial charge in [0, 0.05) is 0 Å². The summed E-state index contributed by atoms with van der Waals surface area (Å²) in [5.41, 5.74) is 12.3. The van der Waals surface area contributed by atoms with Crippen molar-refractivity contribution in [2.45, 2.75) is 46.0 Å². The molecule has 3 aromatic rings. The molecular weight excluding hydrogens is 551 g/mol. The van der Waals surface area contributed by atoms with Crippen molar-refractivity contribution in [3.8, 4) is 11.1 Å². The van der Waals surface area contributed by atoms with E-state index in [2.05, 4.69) is 103 Å². The molecule has 3 atom stereocenters. The van der Waals surface area contributed by atoms with Gasteiger partial charge in [-0.15, -0.1) is 24.8 Å². The van der Waals surface area contributed by atoms with E-state index in [0.29, 0.717) is 3.63 Å². The van der Waals surface area contributed by atoms with Gasteiger partial charge in [-0.3, -0.25) is 0 Å². The van der Waals surface area contributed by atoms with Crippen LogP contribution in [0.4, 0.5) is 0 Å². The Morgan fingerprint density at radius 3 is 2.06 bits per heavy atom. The van der Waals surface area contributed by atoms with Gasteiger partial charge in [-0.1, -0.05) is 13.8 Å². The third-order valence-electron chi connectivity index (χ3n) is 7.28. The molecule has 3 unspecified atom stereocenters. The zero-order valence-corrected chi connectivity index (χ0v) is 27.4. The molecule has 0 heterocycles. The van der Waals surface area contributed by atoms with Crippen LogP contribution in [0.2, 0.25) is 4.63 Å². The van der Waals surface area contributed by atoms with Gasteiger partial charge in [0.05, 0.1) is 0 Å². The van der Waals surface area contributed by atoms with E-state index in [1.807, 2.05) is 13.8 Å². The largest absolute Gasteiger partial charge is 0.147 e. The van der Waals surface area contributed by atoms with Gasteiger partial charge in [0.1, 0.15) is 0 Å². The number of rotatable bonds is 4. The van der Waals surface area contributed by atoms with E-state index in [0.717, 1.165) is 3.63 Å². The molecule has 0 saturated carbocycles. The average Bonchev–Trinajstić information content (AvgIpc) is 3.38. The summed E-state index contributed by atoms with van der Waals surface area (Å²) in [6, 6.07) is 27.2. The number of benzene rings is 3. The van der Waals surface area contributed by atoms with Crippen molar-refractivity contribution in [3.05, 3.63) is 106 Å². The zero-order chi connectivity index (χ0) is 22.9. The fourth-order valence-corrected chi connectivity index (χ4v) is 26.9. The summed E-state index contributed by atoms with van der Waals surface area (Å²) in [7, 11) is 1.35. The fraction of sp³-hybridized carbons (Fsp3) is 0.267. The van der Waals surface area contributed by atoms with Crippen molar-refractivity contribution in [2.24, 2.45) is 0 Å². The van der Waals surface area contributed by atoms with Crippen LogP contribution in [0.3, 0.4) is 0 Å². The first kappa shape index (κ1) is 29.1. The molecule has 0 spiro atoms. The number of halogens is 2. The fourth-order valence-electron chi connectivity index (χ4n) is 6.15. The summed E-state index contributed by atoms with van der Waals surface area (Å²) >= 11 is -2.55. The van der Waals surface area contributed by atoms with E-state index in [1.165, 1.54) is 36.0 Å². The van der Waals surface area contributed by atoms with Gasteiger partial charge in [-0.05, 0) is 0 Å². The molecule has 3 aromatic carbocycles. The molecule has 0 saturated heterocycles. The van der Waals surface area contributed by atoms with E-state index in [4.69, 9.17) is 0 Å². The van der Waals surface area contributed by atoms with Crippen LogP contribution in [-0.4, -0.2) is 7.37 Å². The molecule has 4 heteroatoms. The summed E-state index contributed by atoms with van der Waals surface area (Å²) in [5.74, 6) is 0. The Bertz CT molecular complexity index is 1180. The van der Waals surface area contributed by atoms with E-state index in [1.54, 1.807) is 22.3 Å². The Morgan fingerprint density at radius 2 is 1.38 bits per heavy atom. The van der Waals surface area contributed by atoms with Crippen LogP contribution in [0, 0.1) is 0 Å². The van der Waals surface area contributed by atoms with Crippen molar-refractivity contribution in [1.29, 1.82) is 0 Å². The van der Waals surface area contributed by atoms with Gasteiger partial charge in [-0.2, -0.15) is 0 Å². The molecule has 0 radical (unpaired) electrons. The number of hydrogen-bond acceptors (Lipinski definition) is 0. The van der Waals surface area contributed by atoms with Gasteiger partial charge < -0.3 is 0 Å². The summed E-state index contributed by atoms with van der Waals surface area (Å²) in [6.45, 7) is 8.76. The van der Waals surface area contributed by atoms with Crippen molar-refractivity contribution in [3.63, 3.8) is 0 Å². The van der Waals surface area contributed by atoms with Crippen LogP contribution in [0.15, 0.2) is 83.9 Å². The first-order valence-electron chi connectivity index (χ1n) is 12.2. The molecule has 5 rings (SSSR count). The molecule has 0 fully saturated rings. The molecular formula is C30H38Cl2SiZr. The quantitative estimate of drug-likeness (QED) is 0.268. The maximum atomic E-state index is 2.75. The molecule has 34 heavy (non-hydrogen) atoms. The molecule has 0 nitrogen and oxygen atoms in total. The second-order valence-electron chi connectivity index (χ2n) is 9.45. The first-order chi connectivity index (χ1) is 15.5. The molecule has 180 valence electrons. The monoisotopic (exact) mass is 586 g/mol. The minimum atomic E-state index is -2.55. The molecule has 0 aromatic heterocycles. The van der Waals surface area contributed by atoms with Gasteiger partial charge in [0.2, 0.25) is 0 Å². The van der Waals surface area contributed by atoms with Gasteiger partial charge in [0.25, 0.3) is 0 Å². The summed E-state index contributed by atoms with van der Waals surface area (Å²) in [4.78, 5) is 0. The zero-order valence-electron chi connectivity index (χ0n) is 21.3. The van der Waals surface area contributed by atoms with Crippen molar-refractivity contribution >= 4 is 44.3 Å². The summed E-state index contributed by atoms with van der Waals surface area (Å²) in [5, 5.41) is 0. The maximum Gasteiger partial charge on any atom is -0.147 e. The van der Waals surface area contributed by atoms with E-state index in [9.17, 15) is 0 Å². The third-order valence-corrected chi connectivity index (χ3v) is 25.0. The predicted molar refractivity (Wildman–Crippen MR) is 157 cm³/mol. The molecule has 0 bridgehead atoms. The first-order valence-corrected chi connectivity index (χ1v) is 25.8. The SMILES string of the molecule is CC.CCC1=Cc2ccccc2[CH]1[Zr]([CH3])([SiH3])[CH]1C(C)=Cc2c(-c3ccccc3)cccc21.Cl.Cl. The predicted octanol–water partition coefficient (Wildman–Crippen LogP) is 8.71.